The molecule has 0 aliphatic heterocycles. The molecule has 19 heavy (non-hydrogen) atoms. The summed E-state index contributed by atoms with van der Waals surface area (Å²) in [6, 6.07) is 14.4. The van der Waals surface area contributed by atoms with E-state index in [1.54, 1.807) is 31.2 Å². The first-order chi connectivity index (χ1) is 9.11. The maximum Gasteiger partial charge on any atom is 0.123 e. The molecule has 0 aromatic heterocycles. The van der Waals surface area contributed by atoms with Crippen LogP contribution in [0.25, 0.3) is 0 Å². The van der Waals surface area contributed by atoms with Gasteiger partial charge in [-0.3, -0.25) is 0 Å². The van der Waals surface area contributed by atoms with Crippen molar-refractivity contribution in [3.8, 4) is 6.07 Å². The fourth-order valence-corrected chi connectivity index (χ4v) is 2.24. The molecule has 3 heteroatoms. The number of hydrogen-bond donors (Lipinski definition) is 0. The number of nitriles is 1. The lowest BCUT2D eigenvalue weighted by Gasteiger charge is -2.20. The Labute approximate surface area is 111 Å². The molecule has 0 fully saturated rings. The number of benzene rings is 2. The van der Waals surface area contributed by atoms with E-state index in [1.807, 2.05) is 0 Å². The summed E-state index contributed by atoms with van der Waals surface area (Å²) < 4.78 is 26.7. The summed E-state index contributed by atoms with van der Waals surface area (Å²) in [6.07, 6.45) is 0. The smallest absolute Gasteiger partial charge is 0.123 e. The first-order valence-electron chi connectivity index (χ1n) is 6.02. The average Bonchev–Trinajstić information content (AvgIpc) is 2.39. The minimum atomic E-state index is -0.372. The van der Waals surface area contributed by atoms with E-state index in [9.17, 15) is 8.78 Å². The van der Waals surface area contributed by atoms with Gasteiger partial charge >= 0.3 is 0 Å². The Morgan fingerprint density at radius 3 is 1.79 bits per heavy atom. The van der Waals surface area contributed by atoms with Crippen LogP contribution in [0, 0.1) is 28.9 Å². The zero-order valence-corrected chi connectivity index (χ0v) is 10.5. The summed E-state index contributed by atoms with van der Waals surface area (Å²) in [4.78, 5) is 0. The summed E-state index contributed by atoms with van der Waals surface area (Å²) in [5, 5.41) is 9.13. The topological polar surface area (TPSA) is 23.8 Å². The standard InChI is InChI=1S/C16H13F2N/c1-11(10-19)16(12-4-2-6-14(17)8-12)13-5-3-7-15(18)9-13/h2-9,11,16H,1H3/t11-/m0/s1. The second kappa shape index (κ2) is 5.62. The van der Waals surface area contributed by atoms with Gasteiger partial charge in [0, 0.05) is 5.92 Å². The van der Waals surface area contributed by atoms with E-state index in [0.717, 1.165) is 0 Å². The third-order valence-corrected chi connectivity index (χ3v) is 3.12. The Hall–Kier alpha value is -2.21. The van der Waals surface area contributed by atoms with Gasteiger partial charge in [0.1, 0.15) is 11.6 Å². The summed E-state index contributed by atoms with van der Waals surface area (Å²) in [5.74, 6) is -1.42. The van der Waals surface area contributed by atoms with Gasteiger partial charge in [-0.05, 0) is 42.3 Å². The van der Waals surface area contributed by atoms with Crippen LogP contribution in [0.15, 0.2) is 48.5 Å². The van der Waals surface area contributed by atoms with Crippen molar-refractivity contribution < 1.29 is 8.78 Å². The van der Waals surface area contributed by atoms with Crippen LogP contribution in [0.1, 0.15) is 24.0 Å². The Kier molecular flexibility index (Phi) is 3.91. The van der Waals surface area contributed by atoms with E-state index in [1.165, 1.54) is 24.3 Å². The fraction of sp³-hybridized carbons (Fsp3) is 0.188. The van der Waals surface area contributed by atoms with Gasteiger partial charge in [-0.1, -0.05) is 24.3 Å². The maximum atomic E-state index is 13.3. The van der Waals surface area contributed by atoms with Gasteiger partial charge in [-0.25, -0.2) is 8.78 Å². The molecular weight excluding hydrogens is 244 g/mol. The highest BCUT2D eigenvalue weighted by molar-refractivity contribution is 5.35. The molecule has 96 valence electrons. The van der Waals surface area contributed by atoms with E-state index < -0.39 is 0 Å². The van der Waals surface area contributed by atoms with Crippen LogP contribution >= 0.6 is 0 Å². The molecule has 0 N–H and O–H groups in total. The monoisotopic (exact) mass is 257 g/mol. The number of rotatable bonds is 3. The molecule has 1 nitrogen and oxygen atoms in total. The van der Waals surface area contributed by atoms with E-state index in [4.69, 9.17) is 5.26 Å². The Balaban J connectivity index is 2.51. The predicted octanol–water partition coefficient (Wildman–Crippen LogP) is 4.26. The zero-order chi connectivity index (χ0) is 13.8. The largest absolute Gasteiger partial charge is 0.207 e. The number of halogens is 2. The van der Waals surface area contributed by atoms with Crippen molar-refractivity contribution in [2.75, 3.05) is 0 Å². The van der Waals surface area contributed by atoms with Crippen molar-refractivity contribution in [3.05, 3.63) is 71.3 Å². The molecule has 0 aliphatic carbocycles. The summed E-state index contributed by atoms with van der Waals surface area (Å²) in [6.45, 7) is 1.75. The summed E-state index contributed by atoms with van der Waals surface area (Å²) in [7, 11) is 0. The summed E-state index contributed by atoms with van der Waals surface area (Å²) in [5.41, 5.74) is 1.36. The van der Waals surface area contributed by atoms with Crippen LogP contribution < -0.4 is 0 Å². The zero-order valence-electron chi connectivity index (χ0n) is 10.5. The van der Waals surface area contributed by atoms with Crippen LogP contribution in [-0.2, 0) is 0 Å². The highest BCUT2D eigenvalue weighted by atomic mass is 19.1. The molecule has 2 aromatic carbocycles. The lowest BCUT2D eigenvalue weighted by Crippen LogP contribution is -2.10. The first-order valence-corrected chi connectivity index (χ1v) is 6.02. The molecule has 0 saturated heterocycles. The third kappa shape index (κ3) is 2.97. The van der Waals surface area contributed by atoms with Crippen molar-refractivity contribution in [3.63, 3.8) is 0 Å². The number of nitrogens with zero attached hydrogens (tertiary/aromatic N) is 1. The predicted molar refractivity (Wildman–Crippen MR) is 69.4 cm³/mol. The molecule has 2 aromatic rings. The van der Waals surface area contributed by atoms with Crippen molar-refractivity contribution in [1.82, 2.24) is 0 Å². The lowest BCUT2D eigenvalue weighted by atomic mass is 9.82. The van der Waals surface area contributed by atoms with Crippen LogP contribution in [0.2, 0.25) is 0 Å². The highest BCUT2D eigenvalue weighted by Gasteiger charge is 2.22. The van der Waals surface area contributed by atoms with Crippen molar-refractivity contribution >= 4 is 0 Å². The Morgan fingerprint density at radius 1 is 0.947 bits per heavy atom. The van der Waals surface area contributed by atoms with Gasteiger partial charge in [-0.2, -0.15) is 5.26 Å². The molecule has 0 radical (unpaired) electrons. The Morgan fingerprint density at radius 2 is 1.42 bits per heavy atom. The fourth-order valence-electron chi connectivity index (χ4n) is 2.24. The maximum absolute atomic E-state index is 13.3. The molecule has 0 aliphatic rings. The van der Waals surface area contributed by atoms with E-state index in [2.05, 4.69) is 6.07 Å². The normalized spacial score (nSPS) is 12.2. The SMILES string of the molecule is C[C@@H](C#N)C(c1cccc(F)c1)c1cccc(F)c1. The molecule has 0 spiro atoms. The molecule has 0 heterocycles. The second-order valence-electron chi connectivity index (χ2n) is 4.51. The molecule has 1 atom stereocenters. The molecule has 0 amide bonds. The van der Waals surface area contributed by atoms with E-state index >= 15 is 0 Å². The molecule has 0 bridgehead atoms. The van der Waals surface area contributed by atoms with Crippen molar-refractivity contribution in [2.24, 2.45) is 5.92 Å². The first kappa shape index (κ1) is 13.2. The highest BCUT2D eigenvalue weighted by Crippen LogP contribution is 2.32. The van der Waals surface area contributed by atoms with Crippen molar-refractivity contribution in [1.29, 1.82) is 5.26 Å². The van der Waals surface area contributed by atoms with Gasteiger partial charge in [0.2, 0.25) is 0 Å². The van der Waals surface area contributed by atoms with Gasteiger partial charge in [0.25, 0.3) is 0 Å². The Bertz CT molecular complexity index is 571. The third-order valence-electron chi connectivity index (χ3n) is 3.12. The van der Waals surface area contributed by atoms with Crippen LogP contribution in [-0.4, -0.2) is 0 Å². The van der Waals surface area contributed by atoms with E-state index in [0.29, 0.717) is 11.1 Å². The average molecular weight is 257 g/mol. The van der Waals surface area contributed by atoms with Gasteiger partial charge in [-0.15, -0.1) is 0 Å². The lowest BCUT2D eigenvalue weighted by molar-refractivity contribution is 0.595. The molecular formula is C16H13F2N. The van der Waals surface area contributed by atoms with Crippen molar-refractivity contribution in [2.45, 2.75) is 12.8 Å². The minimum absolute atomic E-state index is 0.337. The summed E-state index contributed by atoms with van der Waals surface area (Å²) >= 11 is 0. The molecule has 2 rings (SSSR count). The second-order valence-corrected chi connectivity index (χ2v) is 4.51. The van der Waals surface area contributed by atoms with Gasteiger partial charge < -0.3 is 0 Å². The van der Waals surface area contributed by atoms with Crippen LogP contribution in [0.5, 0.6) is 0 Å². The number of hydrogen-bond acceptors (Lipinski definition) is 1. The minimum Gasteiger partial charge on any atom is -0.207 e. The van der Waals surface area contributed by atoms with Gasteiger partial charge in [0.05, 0.1) is 12.0 Å². The van der Waals surface area contributed by atoms with Gasteiger partial charge in [0.15, 0.2) is 0 Å². The molecule has 0 unspecified atom stereocenters. The quantitative estimate of drug-likeness (QED) is 0.806. The van der Waals surface area contributed by atoms with Crippen LogP contribution in [0.4, 0.5) is 8.78 Å². The van der Waals surface area contributed by atoms with Crippen LogP contribution in [0.3, 0.4) is 0 Å². The van der Waals surface area contributed by atoms with E-state index in [-0.39, 0.29) is 23.5 Å². The molecule has 0 saturated carbocycles.